The molecule has 0 unspecified atom stereocenters. The zero-order valence-corrected chi connectivity index (χ0v) is 12.4. The van der Waals surface area contributed by atoms with E-state index in [1.807, 2.05) is 0 Å². The van der Waals surface area contributed by atoms with Crippen molar-refractivity contribution in [3.8, 4) is 0 Å². The number of hydrogen-bond donors (Lipinski definition) is 2. The van der Waals surface area contributed by atoms with E-state index in [4.69, 9.17) is 5.11 Å². The number of aliphatic carboxylic acids is 1. The number of carbonyl (C=O) groups is 2. The van der Waals surface area contributed by atoms with Gasteiger partial charge in [-0.25, -0.2) is 4.98 Å². The Labute approximate surface area is 124 Å². The van der Waals surface area contributed by atoms with Crippen molar-refractivity contribution in [3.05, 3.63) is 28.1 Å². The van der Waals surface area contributed by atoms with Crippen molar-refractivity contribution in [1.29, 1.82) is 0 Å². The maximum atomic E-state index is 12.1. The Morgan fingerprint density at radius 2 is 2.19 bits per heavy atom. The number of nitrogens with one attached hydrogen (secondary N) is 1. The molecule has 0 atom stereocenters. The third kappa shape index (κ3) is 3.27. The van der Waals surface area contributed by atoms with Gasteiger partial charge in [-0.05, 0) is 25.3 Å². The molecular weight excluding hydrogens is 294 g/mol. The predicted octanol–water partition coefficient (Wildman–Crippen LogP) is 0.685. The van der Waals surface area contributed by atoms with E-state index < -0.39 is 17.3 Å². The highest BCUT2D eigenvalue weighted by Gasteiger charge is 2.27. The Morgan fingerprint density at radius 3 is 2.86 bits per heavy atom. The number of fused-ring (bicyclic) bond motifs is 1. The van der Waals surface area contributed by atoms with Crippen LogP contribution in [-0.2, 0) is 16.1 Å². The van der Waals surface area contributed by atoms with Gasteiger partial charge in [-0.2, -0.15) is 0 Å². The summed E-state index contributed by atoms with van der Waals surface area (Å²) in [6, 6.07) is 1.66. The van der Waals surface area contributed by atoms with Gasteiger partial charge < -0.3 is 10.4 Å². The molecule has 2 rings (SSSR count). The molecule has 2 heterocycles. The minimum Gasteiger partial charge on any atom is -0.481 e. The van der Waals surface area contributed by atoms with E-state index in [0.29, 0.717) is 10.2 Å². The second-order valence-corrected chi connectivity index (χ2v) is 6.18. The predicted molar refractivity (Wildman–Crippen MR) is 78.3 cm³/mol. The third-order valence-electron chi connectivity index (χ3n) is 3.07. The van der Waals surface area contributed by atoms with Gasteiger partial charge in [-0.1, -0.05) is 0 Å². The van der Waals surface area contributed by atoms with Crippen LogP contribution < -0.4 is 10.9 Å². The molecular formula is C13H15N3O4S. The number of nitrogens with zero attached hydrogens (tertiary/aromatic N) is 2. The molecule has 2 N–H and O–H groups in total. The Bertz CT molecular complexity index is 747. The Kier molecular flexibility index (Phi) is 4.08. The Morgan fingerprint density at radius 1 is 1.48 bits per heavy atom. The van der Waals surface area contributed by atoms with Crippen molar-refractivity contribution in [2.24, 2.45) is 5.41 Å². The maximum Gasteiger partial charge on any atom is 0.310 e. The van der Waals surface area contributed by atoms with Crippen LogP contribution in [0.15, 0.2) is 22.6 Å². The zero-order valence-electron chi connectivity index (χ0n) is 11.6. The summed E-state index contributed by atoms with van der Waals surface area (Å²) in [5, 5.41) is 13.7. The fourth-order valence-corrected chi connectivity index (χ4v) is 2.34. The van der Waals surface area contributed by atoms with Crippen LogP contribution in [0.1, 0.15) is 13.8 Å². The standard InChI is InChI=1S/C13H15N3O4S/c1-13(2,12(19)20)6-14-9(17)5-16-7-15-10-8(11(16)18)3-4-21-10/h3-4,7H,5-6H2,1-2H3,(H,14,17)(H,19,20). The van der Waals surface area contributed by atoms with E-state index in [0.717, 1.165) is 0 Å². The molecule has 0 aliphatic carbocycles. The first-order valence-corrected chi connectivity index (χ1v) is 7.12. The van der Waals surface area contributed by atoms with Crippen molar-refractivity contribution in [3.63, 3.8) is 0 Å². The first kappa shape index (κ1) is 15.2. The van der Waals surface area contributed by atoms with Gasteiger partial charge in [-0.3, -0.25) is 19.0 Å². The summed E-state index contributed by atoms with van der Waals surface area (Å²) in [7, 11) is 0. The molecule has 1 amide bonds. The van der Waals surface area contributed by atoms with Crippen molar-refractivity contribution >= 4 is 33.4 Å². The molecule has 0 saturated heterocycles. The number of aromatic nitrogens is 2. The smallest absolute Gasteiger partial charge is 0.310 e. The average molecular weight is 309 g/mol. The van der Waals surface area contributed by atoms with Gasteiger partial charge in [0.1, 0.15) is 11.4 Å². The van der Waals surface area contributed by atoms with E-state index in [9.17, 15) is 14.4 Å². The van der Waals surface area contributed by atoms with Gasteiger partial charge in [0.2, 0.25) is 5.91 Å². The molecule has 21 heavy (non-hydrogen) atoms. The summed E-state index contributed by atoms with van der Waals surface area (Å²) in [6.07, 6.45) is 1.32. The number of hydrogen-bond acceptors (Lipinski definition) is 5. The number of amides is 1. The normalized spacial score (nSPS) is 11.5. The first-order valence-electron chi connectivity index (χ1n) is 6.24. The molecule has 7 nitrogen and oxygen atoms in total. The molecule has 112 valence electrons. The van der Waals surface area contributed by atoms with Crippen LogP contribution in [-0.4, -0.2) is 33.1 Å². The fraction of sp³-hybridized carbons (Fsp3) is 0.385. The largest absolute Gasteiger partial charge is 0.481 e. The molecule has 0 radical (unpaired) electrons. The summed E-state index contributed by atoms with van der Waals surface area (Å²) in [6.45, 7) is 2.83. The number of rotatable bonds is 5. The Hall–Kier alpha value is -2.22. The van der Waals surface area contributed by atoms with E-state index in [1.165, 1.54) is 36.1 Å². The summed E-state index contributed by atoms with van der Waals surface area (Å²) < 4.78 is 1.21. The number of carboxylic acid groups (broad SMARTS) is 1. The molecule has 0 saturated carbocycles. The van der Waals surface area contributed by atoms with Crippen molar-refractivity contribution in [2.45, 2.75) is 20.4 Å². The molecule has 0 bridgehead atoms. The third-order valence-corrected chi connectivity index (χ3v) is 3.89. The van der Waals surface area contributed by atoms with Crippen LogP contribution in [0.3, 0.4) is 0 Å². The molecule has 2 aromatic rings. The molecule has 8 heteroatoms. The van der Waals surface area contributed by atoms with Gasteiger partial charge >= 0.3 is 5.97 Å². The van der Waals surface area contributed by atoms with Crippen LogP contribution in [0.5, 0.6) is 0 Å². The van der Waals surface area contributed by atoms with E-state index in [2.05, 4.69) is 10.3 Å². The number of thiophene rings is 1. The lowest BCUT2D eigenvalue weighted by atomic mass is 9.94. The Balaban J connectivity index is 2.07. The molecule has 2 aromatic heterocycles. The summed E-state index contributed by atoms with van der Waals surface area (Å²) >= 11 is 1.36. The molecule has 0 aliphatic rings. The highest BCUT2D eigenvalue weighted by atomic mass is 32.1. The van der Waals surface area contributed by atoms with Crippen molar-refractivity contribution in [2.75, 3.05) is 6.54 Å². The average Bonchev–Trinajstić information content (AvgIpc) is 2.89. The quantitative estimate of drug-likeness (QED) is 0.846. The van der Waals surface area contributed by atoms with Crippen molar-refractivity contribution < 1.29 is 14.7 Å². The lowest BCUT2D eigenvalue weighted by Crippen LogP contribution is -2.41. The van der Waals surface area contributed by atoms with Crippen LogP contribution in [0, 0.1) is 5.41 Å². The minimum absolute atomic E-state index is 0.00988. The lowest BCUT2D eigenvalue weighted by Gasteiger charge is -2.19. The van der Waals surface area contributed by atoms with E-state index in [-0.39, 0.29) is 18.6 Å². The van der Waals surface area contributed by atoms with E-state index >= 15 is 0 Å². The van der Waals surface area contributed by atoms with E-state index in [1.54, 1.807) is 11.4 Å². The zero-order chi connectivity index (χ0) is 15.6. The monoisotopic (exact) mass is 309 g/mol. The second kappa shape index (κ2) is 5.65. The first-order chi connectivity index (χ1) is 9.81. The number of carbonyl (C=O) groups excluding carboxylic acids is 1. The SMILES string of the molecule is CC(C)(CNC(=O)Cn1cnc2sccc2c1=O)C(=O)O. The van der Waals surface area contributed by atoms with Crippen LogP contribution in [0.4, 0.5) is 0 Å². The second-order valence-electron chi connectivity index (χ2n) is 5.28. The van der Waals surface area contributed by atoms with Gasteiger partial charge in [-0.15, -0.1) is 11.3 Å². The van der Waals surface area contributed by atoms with Gasteiger partial charge in [0, 0.05) is 6.54 Å². The molecule has 0 fully saturated rings. The molecule has 0 aliphatic heterocycles. The van der Waals surface area contributed by atoms with Gasteiger partial charge in [0.05, 0.1) is 17.1 Å². The highest BCUT2D eigenvalue weighted by molar-refractivity contribution is 7.16. The van der Waals surface area contributed by atoms with Crippen molar-refractivity contribution in [1.82, 2.24) is 14.9 Å². The molecule has 0 aromatic carbocycles. The van der Waals surface area contributed by atoms with Gasteiger partial charge in [0.25, 0.3) is 5.56 Å². The topological polar surface area (TPSA) is 101 Å². The van der Waals surface area contributed by atoms with Crippen LogP contribution >= 0.6 is 11.3 Å². The summed E-state index contributed by atoms with van der Waals surface area (Å²) in [5.41, 5.74) is -1.34. The van der Waals surface area contributed by atoms with Crippen LogP contribution in [0.25, 0.3) is 10.2 Å². The summed E-state index contributed by atoms with van der Waals surface area (Å²) in [5.74, 6) is -1.43. The maximum absolute atomic E-state index is 12.1. The van der Waals surface area contributed by atoms with Crippen LogP contribution in [0.2, 0.25) is 0 Å². The van der Waals surface area contributed by atoms with Gasteiger partial charge in [0.15, 0.2) is 0 Å². The lowest BCUT2D eigenvalue weighted by molar-refractivity contribution is -0.146. The minimum atomic E-state index is -1.06. The molecule has 0 spiro atoms. The fourth-order valence-electron chi connectivity index (χ4n) is 1.61. The summed E-state index contributed by atoms with van der Waals surface area (Å²) in [4.78, 5) is 39.6. The number of carboxylic acids is 1. The highest BCUT2D eigenvalue weighted by Crippen LogP contribution is 2.14.